The van der Waals surface area contributed by atoms with Crippen LogP contribution in [0.5, 0.6) is 0 Å². The second-order valence-corrected chi connectivity index (χ2v) is 9.27. The van der Waals surface area contributed by atoms with E-state index in [4.69, 9.17) is 0 Å². The number of allylic oxidation sites excluding steroid dienone is 2. The number of rotatable bonds is 1. The van der Waals surface area contributed by atoms with E-state index < -0.39 is 0 Å². The third-order valence-corrected chi connectivity index (χ3v) is 8.48. The highest BCUT2D eigenvalue weighted by Gasteiger charge is 2.59. The Morgan fingerprint density at radius 2 is 1.91 bits per heavy atom. The van der Waals surface area contributed by atoms with Gasteiger partial charge in [-0.3, -0.25) is 9.59 Å². The fourth-order valence-corrected chi connectivity index (χ4v) is 6.94. The Kier molecular flexibility index (Phi) is 3.42. The molecule has 0 N–H and O–H groups in total. The zero-order valence-electron chi connectivity index (χ0n) is 14.9. The molecular formula is C21H30O2. The zero-order chi connectivity index (χ0) is 16.4. The smallest absolute Gasteiger partial charge is 0.155 e. The second kappa shape index (κ2) is 5.04. The van der Waals surface area contributed by atoms with Crippen LogP contribution in [-0.2, 0) is 9.59 Å². The van der Waals surface area contributed by atoms with Crippen molar-refractivity contribution in [2.24, 2.45) is 34.5 Å². The van der Waals surface area contributed by atoms with Gasteiger partial charge in [-0.25, -0.2) is 0 Å². The molecule has 2 heteroatoms. The molecule has 23 heavy (non-hydrogen) atoms. The summed E-state index contributed by atoms with van der Waals surface area (Å²) in [6.07, 6.45) is 11.1. The van der Waals surface area contributed by atoms with Crippen LogP contribution in [0.15, 0.2) is 11.6 Å². The molecule has 3 fully saturated rings. The summed E-state index contributed by atoms with van der Waals surface area (Å²) in [7, 11) is 0. The fourth-order valence-electron chi connectivity index (χ4n) is 6.94. The third kappa shape index (κ3) is 2.06. The maximum absolute atomic E-state index is 12.4. The van der Waals surface area contributed by atoms with Crippen molar-refractivity contribution in [3.63, 3.8) is 0 Å². The van der Waals surface area contributed by atoms with Crippen LogP contribution < -0.4 is 0 Å². The molecule has 0 aliphatic heterocycles. The molecule has 0 heterocycles. The summed E-state index contributed by atoms with van der Waals surface area (Å²) in [4.78, 5) is 24.2. The van der Waals surface area contributed by atoms with Crippen LogP contribution in [0.3, 0.4) is 0 Å². The van der Waals surface area contributed by atoms with Crippen LogP contribution in [0, 0.1) is 34.5 Å². The van der Waals surface area contributed by atoms with Crippen molar-refractivity contribution in [2.75, 3.05) is 0 Å². The molecule has 0 aromatic heterocycles. The number of carbonyl (C=O) groups excluding carboxylic acids is 2. The van der Waals surface area contributed by atoms with E-state index in [-0.39, 0.29) is 11.2 Å². The van der Waals surface area contributed by atoms with Gasteiger partial charge in [0, 0.05) is 11.8 Å². The van der Waals surface area contributed by atoms with Crippen molar-refractivity contribution in [1.82, 2.24) is 0 Å². The lowest BCUT2D eigenvalue weighted by molar-refractivity contribution is -0.136. The first-order chi connectivity index (χ1) is 10.9. The highest BCUT2D eigenvalue weighted by Crippen LogP contribution is 2.65. The highest BCUT2D eigenvalue weighted by atomic mass is 16.1. The predicted octanol–water partition coefficient (Wildman–Crippen LogP) is 4.72. The molecule has 2 nitrogen and oxygen atoms in total. The highest BCUT2D eigenvalue weighted by molar-refractivity contribution is 5.93. The third-order valence-electron chi connectivity index (χ3n) is 8.48. The molecule has 3 saturated carbocycles. The van der Waals surface area contributed by atoms with Gasteiger partial charge in [0.25, 0.3) is 0 Å². The van der Waals surface area contributed by atoms with Gasteiger partial charge in [0.05, 0.1) is 0 Å². The van der Waals surface area contributed by atoms with Crippen LogP contribution in [0.25, 0.3) is 0 Å². The summed E-state index contributed by atoms with van der Waals surface area (Å²) in [5, 5.41) is 0. The molecule has 0 radical (unpaired) electrons. The quantitative estimate of drug-likeness (QED) is 0.701. The Morgan fingerprint density at radius 3 is 2.65 bits per heavy atom. The van der Waals surface area contributed by atoms with E-state index in [0.717, 1.165) is 49.5 Å². The Morgan fingerprint density at radius 1 is 1.13 bits per heavy atom. The molecular weight excluding hydrogens is 284 g/mol. The number of ketones is 2. The normalized spacial score (nSPS) is 49.0. The lowest BCUT2D eigenvalue weighted by Gasteiger charge is -2.59. The lowest BCUT2D eigenvalue weighted by Crippen LogP contribution is -2.52. The van der Waals surface area contributed by atoms with Crippen LogP contribution in [0.1, 0.15) is 72.1 Å². The van der Waals surface area contributed by atoms with E-state index in [0.29, 0.717) is 23.0 Å². The molecule has 0 spiro atoms. The summed E-state index contributed by atoms with van der Waals surface area (Å²) in [6.45, 7) is 6.46. The van der Waals surface area contributed by atoms with Gasteiger partial charge in [-0.2, -0.15) is 0 Å². The van der Waals surface area contributed by atoms with E-state index in [9.17, 15) is 9.59 Å². The molecule has 0 amide bonds. The number of Topliss-reactive ketones (excluding diaryl/α,β-unsaturated/α-hetero) is 2. The van der Waals surface area contributed by atoms with Crippen molar-refractivity contribution in [1.29, 1.82) is 0 Å². The number of hydrogen-bond acceptors (Lipinski definition) is 2. The largest absolute Gasteiger partial charge is 0.299 e. The summed E-state index contributed by atoms with van der Waals surface area (Å²) in [6, 6.07) is 0. The van der Waals surface area contributed by atoms with Crippen LogP contribution in [0.2, 0.25) is 0 Å². The van der Waals surface area contributed by atoms with Gasteiger partial charge in [0.2, 0.25) is 0 Å². The lowest BCUT2D eigenvalue weighted by atomic mass is 9.45. The van der Waals surface area contributed by atoms with Gasteiger partial charge in [-0.1, -0.05) is 19.9 Å². The minimum atomic E-state index is -0.0145. The van der Waals surface area contributed by atoms with Gasteiger partial charge in [0.1, 0.15) is 5.78 Å². The molecule has 0 aromatic carbocycles. The molecule has 4 rings (SSSR count). The van der Waals surface area contributed by atoms with Crippen molar-refractivity contribution in [3.05, 3.63) is 11.6 Å². The van der Waals surface area contributed by atoms with Gasteiger partial charge < -0.3 is 0 Å². The first-order valence-electron chi connectivity index (χ1n) is 9.59. The van der Waals surface area contributed by atoms with E-state index in [1.807, 2.05) is 0 Å². The van der Waals surface area contributed by atoms with Crippen LogP contribution >= 0.6 is 0 Å². The molecule has 4 aliphatic rings. The van der Waals surface area contributed by atoms with E-state index >= 15 is 0 Å². The van der Waals surface area contributed by atoms with E-state index in [1.165, 1.54) is 19.3 Å². The number of fused-ring (bicyclic) bond motifs is 5. The maximum atomic E-state index is 12.4. The van der Waals surface area contributed by atoms with Gasteiger partial charge in [-0.15, -0.1) is 0 Å². The van der Waals surface area contributed by atoms with Crippen LogP contribution in [0.4, 0.5) is 0 Å². The minimum absolute atomic E-state index is 0.0145. The summed E-state index contributed by atoms with van der Waals surface area (Å²) >= 11 is 0. The van der Waals surface area contributed by atoms with Gasteiger partial charge in [0.15, 0.2) is 5.78 Å². The Bertz CT molecular complexity index is 589. The maximum Gasteiger partial charge on any atom is 0.155 e. The SMILES string of the molecule is CC(=O)C1=CC[C@@]2(C)[C@@H](CC[C@H]3[C@H]2CC[C@]2(C)C(=O)CC[C@@H]32)C1. The first-order valence-corrected chi connectivity index (χ1v) is 9.59. The molecule has 0 aromatic rings. The van der Waals surface area contributed by atoms with E-state index in [2.05, 4.69) is 19.9 Å². The summed E-state index contributed by atoms with van der Waals surface area (Å²) < 4.78 is 0. The monoisotopic (exact) mass is 314 g/mol. The minimum Gasteiger partial charge on any atom is -0.299 e. The molecule has 0 unspecified atom stereocenters. The van der Waals surface area contributed by atoms with Crippen molar-refractivity contribution in [3.8, 4) is 0 Å². The van der Waals surface area contributed by atoms with Gasteiger partial charge in [-0.05, 0) is 86.5 Å². The Hall–Kier alpha value is -0.920. The molecule has 6 atom stereocenters. The van der Waals surface area contributed by atoms with Crippen LogP contribution in [-0.4, -0.2) is 11.6 Å². The summed E-state index contributed by atoms with van der Waals surface area (Å²) in [5.41, 5.74) is 1.41. The molecule has 4 aliphatic carbocycles. The van der Waals surface area contributed by atoms with Gasteiger partial charge >= 0.3 is 0 Å². The number of carbonyl (C=O) groups is 2. The Balaban J connectivity index is 1.64. The number of hydrogen-bond donors (Lipinski definition) is 0. The molecule has 0 bridgehead atoms. The average Bonchev–Trinajstić information content (AvgIpc) is 2.82. The summed E-state index contributed by atoms with van der Waals surface area (Å²) in [5.74, 6) is 3.62. The standard InChI is InChI=1S/C21H30O2/c1-13(22)14-8-10-20(2)15(12-14)4-5-16-17-6-7-19(23)21(17,3)11-9-18(16)20/h8,15-18H,4-7,9-12H2,1-3H3/t15-,16+,17-,18+,20-,21-/m0/s1. The topological polar surface area (TPSA) is 34.1 Å². The predicted molar refractivity (Wildman–Crippen MR) is 90.9 cm³/mol. The first kappa shape index (κ1) is 15.6. The van der Waals surface area contributed by atoms with Crippen molar-refractivity contribution in [2.45, 2.75) is 72.1 Å². The zero-order valence-corrected chi connectivity index (χ0v) is 14.9. The van der Waals surface area contributed by atoms with Crippen molar-refractivity contribution >= 4 is 11.6 Å². The molecule has 126 valence electrons. The average molecular weight is 314 g/mol. The second-order valence-electron chi connectivity index (χ2n) is 9.27. The van der Waals surface area contributed by atoms with E-state index in [1.54, 1.807) is 6.92 Å². The fraction of sp³-hybridized carbons (Fsp3) is 0.810. The Labute approximate surface area is 140 Å². The van der Waals surface area contributed by atoms with Crippen molar-refractivity contribution < 1.29 is 9.59 Å². The molecule has 0 saturated heterocycles.